The van der Waals surface area contributed by atoms with Gasteiger partial charge in [-0.25, -0.2) is 0 Å². The van der Waals surface area contributed by atoms with E-state index in [9.17, 15) is 9.90 Å². The van der Waals surface area contributed by atoms with Crippen LogP contribution >= 0.6 is 0 Å². The molecule has 0 aromatic carbocycles. The van der Waals surface area contributed by atoms with Crippen LogP contribution in [0, 0.1) is 5.92 Å². The van der Waals surface area contributed by atoms with Crippen molar-refractivity contribution in [1.29, 1.82) is 0 Å². The van der Waals surface area contributed by atoms with Crippen LogP contribution in [0.1, 0.15) is 33.6 Å². The van der Waals surface area contributed by atoms with Gasteiger partial charge in [-0.1, -0.05) is 0 Å². The lowest BCUT2D eigenvalue weighted by molar-refractivity contribution is -0.142. The molecule has 0 saturated carbocycles. The Hall–Kier alpha value is -0.610. The summed E-state index contributed by atoms with van der Waals surface area (Å²) in [6.07, 6.45) is 1.67. The number of ether oxygens (including phenoxy) is 1. The summed E-state index contributed by atoms with van der Waals surface area (Å²) in [6.45, 7) is 7.33. The van der Waals surface area contributed by atoms with Crippen LogP contribution in [-0.2, 0) is 9.53 Å². The first-order chi connectivity index (χ1) is 6.90. The monoisotopic (exact) mass is 215 g/mol. The largest absolute Gasteiger partial charge is 0.480 e. The molecule has 2 N–H and O–H groups in total. The fourth-order valence-electron chi connectivity index (χ4n) is 1.90. The van der Waals surface area contributed by atoms with Crippen LogP contribution in [0.4, 0.5) is 0 Å². The van der Waals surface area contributed by atoms with Crippen LogP contribution in [0.2, 0.25) is 0 Å². The highest BCUT2D eigenvalue weighted by atomic mass is 16.5. The van der Waals surface area contributed by atoms with Gasteiger partial charge in [-0.15, -0.1) is 0 Å². The molecule has 15 heavy (non-hydrogen) atoms. The predicted molar refractivity (Wildman–Crippen MR) is 57.9 cm³/mol. The van der Waals surface area contributed by atoms with Crippen LogP contribution in [0.5, 0.6) is 0 Å². The summed E-state index contributed by atoms with van der Waals surface area (Å²) < 4.78 is 5.24. The summed E-state index contributed by atoms with van der Waals surface area (Å²) in [4.78, 5) is 11.2. The van der Waals surface area contributed by atoms with Crippen molar-refractivity contribution in [2.24, 2.45) is 5.92 Å². The molecule has 1 aliphatic rings. The second kappa shape index (κ2) is 4.94. The zero-order valence-corrected chi connectivity index (χ0v) is 9.75. The van der Waals surface area contributed by atoms with Gasteiger partial charge < -0.3 is 9.84 Å². The van der Waals surface area contributed by atoms with Gasteiger partial charge in [-0.3, -0.25) is 10.1 Å². The molecule has 1 fully saturated rings. The van der Waals surface area contributed by atoms with Crippen LogP contribution in [0.3, 0.4) is 0 Å². The van der Waals surface area contributed by atoms with Crippen molar-refractivity contribution in [1.82, 2.24) is 5.32 Å². The van der Waals surface area contributed by atoms with Gasteiger partial charge in [0.05, 0.1) is 0 Å². The zero-order chi connectivity index (χ0) is 11.5. The minimum absolute atomic E-state index is 0.165. The maximum Gasteiger partial charge on any atom is 0.321 e. The van der Waals surface area contributed by atoms with Crippen LogP contribution in [0.25, 0.3) is 0 Å². The molecule has 0 aromatic rings. The highest BCUT2D eigenvalue weighted by molar-refractivity contribution is 5.74. The molecule has 1 saturated heterocycles. The van der Waals surface area contributed by atoms with E-state index in [1.165, 1.54) is 0 Å². The third-order valence-corrected chi connectivity index (χ3v) is 2.59. The number of carbonyl (C=O) groups is 1. The smallest absolute Gasteiger partial charge is 0.321 e. The van der Waals surface area contributed by atoms with Crippen molar-refractivity contribution in [3.63, 3.8) is 0 Å². The average molecular weight is 215 g/mol. The molecule has 1 rings (SSSR count). The van der Waals surface area contributed by atoms with Crippen molar-refractivity contribution in [3.05, 3.63) is 0 Å². The highest BCUT2D eigenvalue weighted by Gasteiger charge is 2.32. The second-order valence-electron chi connectivity index (χ2n) is 5.16. The van der Waals surface area contributed by atoms with E-state index in [0.717, 1.165) is 12.8 Å². The molecule has 0 aromatic heterocycles. The molecule has 88 valence electrons. The molecule has 4 nitrogen and oxygen atoms in total. The third-order valence-electron chi connectivity index (χ3n) is 2.59. The Bertz CT molecular complexity index is 216. The van der Waals surface area contributed by atoms with Crippen LogP contribution in [0.15, 0.2) is 0 Å². The minimum atomic E-state index is -0.753. The highest BCUT2D eigenvalue weighted by Crippen LogP contribution is 2.20. The molecule has 1 heterocycles. The van der Waals surface area contributed by atoms with Crippen molar-refractivity contribution >= 4 is 5.97 Å². The van der Waals surface area contributed by atoms with E-state index >= 15 is 0 Å². The number of carboxylic acid groups (broad SMARTS) is 1. The van der Waals surface area contributed by atoms with Gasteiger partial charge in [0.25, 0.3) is 0 Å². The molecule has 0 spiro atoms. The average Bonchev–Trinajstić information content (AvgIpc) is 2.14. The molecule has 4 heteroatoms. The lowest BCUT2D eigenvalue weighted by atomic mass is 9.90. The van der Waals surface area contributed by atoms with Gasteiger partial charge >= 0.3 is 5.97 Å². The summed E-state index contributed by atoms with van der Waals surface area (Å²) in [5.74, 6) is -0.563. The molecule has 0 radical (unpaired) electrons. The summed E-state index contributed by atoms with van der Waals surface area (Å²) in [5.41, 5.74) is -0.165. The maximum absolute atomic E-state index is 11.2. The maximum atomic E-state index is 11.2. The summed E-state index contributed by atoms with van der Waals surface area (Å²) >= 11 is 0. The lowest BCUT2D eigenvalue weighted by Gasteiger charge is -2.33. The number of hydrogen-bond donors (Lipinski definition) is 2. The van der Waals surface area contributed by atoms with E-state index in [2.05, 4.69) is 5.32 Å². The molecule has 1 aliphatic heterocycles. The zero-order valence-electron chi connectivity index (χ0n) is 9.75. The SMILES string of the molecule is CC(C)(C)NC(C(=O)O)C1CCOCC1. The minimum Gasteiger partial charge on any atom is -0.480 e. The summed E-state index contributed by atoms with van der Waals surface area (Å²) in [6, 6.07) is -0.450. The Morgan fingerprint density at radius 2 is 1.93 bits per heavy atom. The van der Waals surface area contributed by atoms with Crippen LogP contribution in [-0.4, -0.2) is 35.9 Å². The van der Waals surface area contributed by atoms with Gasteiger partial charge in [0, 0.05) is 18.8 Å². The molecular weight excluding hydrogens is 194 g/mol. The second-order valence-corrected chi connectivity index (χ2v) is 5.16. The van der Waals surface area contributed by atoms with Crippen molar-refractivity contribution in [2.45, 2.75) is 45.2 Å². The summed E-state index contributed by atoms with van der Waals surface area (Å²) in [7, 11) is 0. The molecular formula is C11H21NO3. The Kier molecular flexibility index (Phi) is 4.11. The van der Waals surface area contributed by atoms with E-state index < -0.39 is 12.0 Å². The lowest BCUT2D eigenvalue weighted by Crippen LogP contribution is -2.52. The van der Waals surface area contributed by atoms with Gasteiger partial charge in [0.2, 0.25) is 0 Å². The number of hydrogen-bond acceptors (Lipinski definition) is 3. The van der Waals surface area contributed by atoms with Crippen molar-refractivity contribution in [2.75, 3.05) is 13.2 Å². The molecule has 0 amide bonds. The topological polar surface area (TPSA) is 58.6 Å². The third kappa shape index (κ3) is 4.18. The normalized spacial score (nSPS) is 21.3. The Morgan fingerprint density at radius 3 is 2.33 bits per heavy atom. The first-order valence-electron chi connectivity index (χ1n) is 5.48. The van der Waals surface area contributed by atoms with E-state index in [-0.39, 0.29) is 11.5 Å². The Labute approximate surface area is 91.0 Å². The molecule has 0 aliphatic carbocycles. The van der Waals surface area contributed by atoms with Crippen molar-refractivity contribution in [3.8, 4) is 0 Å². The predicted octanol–water partition coefficient (Wildman–Crippen LogP) is 1.25. The van der Waals surface area contributed by atoms with E-state index in [4.69, 9.17) is 4.74 Å². The quantitative estimate of drug-likeness (QED) is 0.744. The van der Waals surface area contributed by atoms with E-state index in [0.29, 0.717) is 13.2 Å². The van der Waals surface area contributed by atoms with Gasteiger partial charge in [0.15, 0.2) is 0 Å². The van der Waals surface area contributed by atoms with E-state index in [1.807, 2.05) is 20.8 Å². The van der Waals surface area contributed by atoms with Gasteiger partial charge in [0.1, 0.15) is 6.04 Å². The van der Waals surface area contributed by atoms with Gasteiger partial charge in [-0.2, -0.15) is 0 Å². The number of aliphatic carboxylic acids is 1. The Balaban J connectivity index is 2.60. The number of rotatable bonds is 3. The fourth-order valence-corrected chi connectivity index (χ4v) is 1.90. The molecule has 0 bridgehead atoms. The standard InChI is InChI=1S/C11H21NO3/c1-11(2,3)12-9(10(13)14)8-4-6-15-7-5-8/h8-9,12H,4-7H2,1-3H3,(H,13,14). The number of nitrogens with one attached hydrogen (secondary N) is 1. The first-order valence-corrected chi connectivity index (χ1v) is 5.48. The molecule has 1 unspecified atom stereocenters. The Morgan fingerprint density at radius 1 is 1.40 bits per heavy atom. The fraction of sp³-hybridized carbons (Fsp3) is 0.909. The molecule has 1 atom stereocenters. The summed E-state index contributed by atoms with van der Waals surface area (Å²) in [5, 5.41) is 12.4. The first kappa shape index (κ1) is 12.5. The van der Waals surface area contributed by atoms with Crippen LogP contribution < -0.4 is 5.32 Å². The van der Waals surface area contributed by atoms with E-state index in [1.54, 1.807) is 0 Å². The van der Waals surface area contributed by atoms with Gasteiger partial charge in [-0.05, 0) is 39.5 Å². The number of carboxylic acids is 1. The van der Waals surface area contributed by atoms with Crippen molar-refractivity contribution < 1.29 is 14.6 Å².